The zero-order chi connectivity index (χ0) is 16.9. The maximum Gasteiger partial charge on any atom is 0.410 e. The van der Waals surface area contributed by atoms with E-state index in [1.807, 2.05) is 13.8 Å². The number of ether oxygens (including phenoxy) is 1. The summed E-state index contributed by atoms with van der Waals surface area (Å²) in [5, 5.41) is 2.78. The Kier molecular flexibility index (Phi) is 6.20. The predicted molar refractivity (Wildman–Crippen MR) is 82.2 cm³/mol. The first-order valence-electron chi connectivity index (χ1n) is 7.61. The maximum absolute atomic E-state index is 12.0. The van der Waals surface area contributed by atoms with Crippen molar-refractivity contribution >= 4 is 17.9 Å². The molecule has 3 amide bonds. The Hall–Kier alpha value is -1.79. The molecule has 0 unspecified atom stereocenters. The van der Waals surface area contributed by atoms with E-state index in [1.165, 1.54) is 9.80 Å². The van der Waals surface area contributed by atoms with Gasteiger partial charge >= 0.3 is 6.09 Å². The number of nitrogens with one attached hydrogen (secondary N) is 1. The molecule has 0 radical (unpaired) electrons. The van der Waals surface area contributed by atoms with Gasteiger partial charge in [0.1, 0.15) is 12.1 Å². The van der Waals surface area contributed by atoms with Gasteiger partial charge in [-0.05, 0) is 26.7 Å². The Morgan fingerprint density at radius 2 is 1.91 bits per heavy atom. The molecule has 0 aromatic carbocycles. The van der Waals surface area contributed by atoms with Gasteiger partial charge in [-0.15, -0.1) is 0 Å². The van der Waals surface area contributed by atoms with Crippen LogP contribution in [0.1, 0.15) is 34.6 Å². The molecule has 7 heteroatoms. The number of hydrogen-bond donors (Lipinski definition) is 1. The quantitative estimate of drug-likeness (QED) is 0.834. The van der Waals surface area contributed by atoms with Crippen LogP contribution < -0.4 is 5.32 Å². The molecule has 22 heavy (non-hydrogen) atoms. The fraction of sp³-hybridized carbons (Fsp3) is 0.800. The standard InChI is InChI=1S/C15H27N3O4/c1-11(2)8-16-12(19)9-17-6-7-18(10-13(17)20)14(21)22-15(3,4)5/h11H,6-10H2,1-5H3,(H,16,19). The number of carbonyl (C=O) groups is 3. The van der Waals surface area contributed by atoms with Gasteiger partial charge in [-0.25, -0.2) is 4.79 Å². The SMILES string of the molecule is CC(C)CNC(=O)CN1CCN(C(=O)OC(C)(C)C)CC1=O. The van der Waals surface area contributed by atoms with E-state index in [0.717, 1.165) is 0 Å². The summed E-state index contributed by atoms with van der Waals surface area (Å²) in [7, 11) is 0. The largest absolute Gasteiger partial charge is 0.444 e. The summed E-state index contributed by atoms with van der Waals surface area (Å²) in [5.41, 5.74) is -0.589. The molecule has 1 aliphatic heterocycles. The van der Waals surface area contributed by atoms with Gasteiger partial charge in [0.15, 0.2) is 0 Å². The molecule has 0 aromatic heterocycles. The van der Waals surface area contributed by atoms with Gasteiger partial charge < -0.3 is 15.0 Å². The highest BCUT2D eigenvalue weighted by Gasteiger charge is 2.30. The van der Waals surface area contributed by atoms with Gasteiger partial charge in [0.25, 0.3) is 0 Å². The van der Waals surface area contributed by atoms with E-state index in [0.29, 0.717) is 25.6 Å². The number of hydrogen-bond acceptors (Lipinski definition) is 4. The second-order valence-electron chi connectivity index (χ2n) is 6.92. The van der Waals surface area contributed by atoms with Gasteiger partial charge in [-0.2, -0.15) is 0 Å². The monoisotopic (exact) mass is 313 g/mol. The van der Waals surface area contributed by atoms with Gasteiger partial charge in [-0.3, -0.25) is 14.5 Å². The van der Waals surface area contributed by atoms with E-state index in [-0.39, 0.29) is 24.9 Å². The summed E-state index contributed by atoms with van der Waals surface area (Å²) in [5.74, 6) is -0.0479. The molecule has 0 aromatic rings. The first-order chi connectivity index (χ1) is 10.1. The lowest BCUT2D eigenvalue weighted by molar-refractivity contribution is -0.139. The molecular weight excluding hydrogens is 286 g/mol. The number of carbonyl (C=O) groups excluding carboxylic acids is 3. The van der Waals surface area contributed by atoms with Crippen LogP contribution in [0, 0.1) is 5.92 Å². The predicted octanol–water partition coefficient (Wildman–Crippen LogP) is 0.838. The van der Waals surface area contributed by atoms with Crippen LogP contribution in [0.4, 0.5) is 4.79 Å². The van der Waals surface area contributed by atoms with Crippen molar-refractivity contribution in [2.75, 3.05) is 32.7 Å². The normalized spacial score (nSPS) is 16.0. The minimum atomic E-state index is -0.589. The molecule has 1 heterocycles. The van der Waals surface area contributed by atoms with Crippen molar-refractivity contribution in [3.63, 3.8) is 0 Å². The highest BCUT2D eigenvalue weighted by molar-refractivity contribution is 5.88. The second-order valence-corrected chi connectivity index (χ2v) is 6.92. The van der Waals surface area contributed by atoms with Gasteiger partial charge in [0.2, 0.25) is 11.8 Å². The third kappa shape index (κ3) is 6.32. The van der Waals surface area contributed by atoms with Crippen molar-refractivity contribution in [1.29, 1.82) is 0 Å². The van der Waals surface area contributed by atoms with Crippen molar-refractivity contribution in [3.8, 4) is 0 Å². The van der Waals surface area contributed by atoms with Crippen LogP contribution in [0.15, 0.2) is 0 Å². The van der Waals surface area contributed by atoms with E-state index < -0.39 is 11.7 Å². The van der Waals surface area contributed by atoms with Crippen molar-refractivity contribution in [2.24, 2.45) is 5.92 Å². The van der Waals surface area contributed by atoms with Crippen molar-refractivity contribution in [2.45, 2.75) is 40.2 Å². The fourth-order valence-corrected chi connectivity index (χ4v) is 1.91. The Morgan fingerprint density at radius 3 is 2.41 bits per heavy atom. The molecule has 0 bridgehead atoms. The van der Waals surface area contributed by atoms with Crippen LogP contribution in [-0.4, -0.2) is 66.0 Å². The van der Waals surface area contributed by atoms with E-state index in [1.54, 1.807) is 20.8 Å². The number of rotatable bonds is 4. The smallest absolute Gasteiger partial charge is 0.410 e. The number of nitrogens with zero attached hydrogens (tertiary/aromatic N) is 2. The second kappa shape index (κ2) is 7.47. The summed E-state index contributed by atoms with van der Waals surface area (Å²) < 4.78 is 5.24. The molecular formula is C15H27N3O4. The molecule has 126 valence electrons. The van der Waals surface area contributed by atoms with E-state index in [2.05, 4.69) is 5.32 Å². The van der Waals surface area contributed by atoms with Gasteiger partial charge in [0, 0.05) is 19.6 Å². The highest BCUT2D eigenvalue weighted by atomic mass is 16.6. The molecule has 1 rings (SSSR count). The number of piperazine rings is 1. The molecule has 1 aliphatic rings. The summed E-state index contributed by atoms with van der Waals surface area (Å²) in [4.78, 5) is 38.6. The van der Waals surface area contributed by atoms with E-state index in [9.17, 15) is 14.4 Å². The minimum Gasteiger partial charge on any atom is -0.444 e. The topological polar surface area (TPSA) is 79.0 Å². The lowest BCUT2D eigenvalue weighted by Gasteiger charge is -2.34. The van der Waals surface area contributed by atoms with Crippen LogP contribution in [0.3, 0.4) is 0 Å². The third-order valence-corrected chi connectivity index (χ3v) is 3.01. The fourth-order valence-electron chi connectivity index (χ4n) is 1.91. The highest BCUT2D eigenvalue weighted by Crippen LogP contribution is 2.12. The van der Waals surface area contributed by atoms with Gasteiger partial charge in [-0.1, -0.05) is 13.8 Å². The average molecular weight is 313 g/mol. The third-order valence-electron chi connectivity index (χ3n) is 3.01. The summed E-state index contributed by atoms with van der Waals surface area (Å²) in [6, 6.07) is 0. The van der Waals surface area contributed by atoms with E-state index in [4.69, 9.17) is 4.74 Å². The van der Waals surface area contributed by atoms with Crippen molar-refractivity contribution in [1.82, 2.24) is 15.1 Å². The van der Waals surface area contributed by atoms with Gasteiger partial charge in [0.05, 0.1) is 6.54 Å². The molecule has 0 aliphatic carbocycles. The van der Waals surface area contributed by atoms with Crippen LogP contribution in [0.2, 0.25) is 0 Å². The summed E-state index contributed by atoms with van der Waals surface area (Å²) in [6.07, 6.45) is -0.496. The molecule has 1 N–H and O–H groups in total. The molecule has 0 atom stereocenters. The first kappa shape index (κ1) is 18.3. The summed E-state index contributed by atoms with van der Waals surface area (Å²) in [6.45, 7) is 10.6. The molecule has 0 spiro atoms. The Balaban J connectivity index is 2.44. The Labute approximate surface area is 132 Å². The Bertz CT molecular complexity index is 429. The molecule has 0 saturated carbocycles. The molecule has 7 nitrogen and oxygen atoms in total. The Morgan fingerprint density at radius 1 is 1.27 bits per heavy atom. The van der Waals surface area contributed by atoms with Crippen LogP contribution >= 0.6 is 0 Å². The lowest BCUT2D eigenvalue weighted by Crippen LogP contribution is -2.55. The zero-order valence-electron chi connectivity index (χ0n) is 14.1. The van der Waals surface area contributed by atoms with Crippen LogP contribution in [-0.2, 0) is 14.3 Å². The first-order valence-corrected chi connectivity index (χ1v) is 7.61. The average Bonchev–Trinajstić information content (AvgIpc) is 2.36. The maximum atomic E-state index is 12.0. The minimum absolute atomic E-state index is 0.0354. The van der Waals surface area contributed by atoms with Crippen LogP contribution in [0.5, 0.6) is 0 Å². The molecule has 1 saturated heterocycles. The van der Waals surface area contributed by atoms with Crippen molar-refractivity contribution in [3.05, 3.63) is 0 Å². The zero-order valence-corrected chi connectivity index (χ0v) is 14.1. The lowest BCUT2D eigenvalue weighted by atomic mass is 10.2. The summed E-state index contributed by atoms with van der Waals surface area (Å²) >= 11 is 0. The van der Waals surface area contributed by atoms with Crippen molar-refractivity contribution < 1.29 is 19.1 Å². The van der Waals surface area contributed by atoms with Crippen LogP contribution in [0.25, 0.3) is 0 Å². The molecule has 1 fully saturated rings. The number of amides is 3. The van der Waals surface area contributed by atoms with E-state index >= 15 is 0 Å².